The van der Waals surface area contributed by atoms with Crippen LogP contribution in [0, 0.1) is 0 Å². The highest BCUT2D eigenvalue weighted by Crippen LogP contribution is 2.13. The van der Waals surface area contributed by atoms with Gasteiger partial charge in [0.25, 0.3) is 0 Å². The van der Waals surface area contributed by atoms with E-state index < -0.39 is 6.10 Å². The smallest absolute Gasteiger partial charge is 0.306 e. The Hall–Kier alpha value is -3.93. The van der Waals surface area contributed by atoms with Crippen molar-refractivity contribution in [1.82, 2.24) is 0 Å². The van der Waals surface area contributed by atoms with E-state index in [4.69, 9.17) is 14.2 Å². The molecule has 1 atom stereocenters. The van der Waals surface area contributed by atoms with E-state index in [1.807, 2.05) is 36.5 Å². The third-order valence-electron chi connectivity index (χ3n) is 10.9. The highest BCUT2D eigenvalue weighted by molar-refractivity contribution is 5.71. The minimum atomic E-state index is -0.810. The van der Waals surface area contributed by atoms with Crippen molar-refractivity contribution in [3.8, 4) is 0 Å². The fourth-order valence-electron chi connectivity index (χ4n) is 6.93. The van der Waals surface area contributed by atoms with Gasteiger partial charge in [0.15, 0.2) is 6.10 Å². The predicted molar refractivity (Wildman–Crippen MR) is 279 cm³/mol. The van der Waals surface area contributed by atoms with Crippen molar-refractivity contribution in [3.05, 3.63) is 109 Å². The van der Waals surface area contributed by atoms with Crippen LogP contribution in [0.1, 0.15) is 226 Å². The first-order chi connectivity index (χ1) is 32.0. The molecule has 0 spiro atoms. The standard InChI is InChI=1S/C59H96O6/c1-4-7-10-13-16-19-22-25-27-29-30-32-34-37-40-43-46-49-52-58(61)64-55-56(54-63-57(60)51-48-45-42-39-36-33-24-21-18-15-12-9-6-3)65-59(62)53-50-47-44-41-38-35-31-28-26-23-20-17-14-11-8-5-2/h9,12,15-16,18-19,21-22,24-25,27-33,36,56H,4-8,10-11,13-14,17,20,23,26,34-35,37-55H2,1-3H3/b12-9-,18-15-,19-16-,24-21-,25-22-,29-27-,31-28-,32-30-,36-33-. The lowest BCUT2D eigenvalue weighted by Crippen LogP contribution is -2.30. The van der Waals surface area contributed by atoms with Crippen LogP contribution >= 0.6 is 0 Å². The van der Waals surface area contributed by atoms with Gasteiger partial charge >= 0.3 is 17.9 Å². The minimum absolute atomic E-state index is 0.108. The Balaban J connectivity index is 4.51. The summed E-state index contributed by atoms with van der Waals surface area (Å²) in [6.07, 6.45) is 70.7. The van der Waals surface area contributed by atoms with E-state index in [1.54, 1.807) is 0 Å². The molecule has 0 saturated carbocycles. The fourth-order valence-corrected chi connectivity index (χ4v) is 6.93. The lowest BCUT2D eigenvalue weighted by atomic mass is 10.1. The number of hydrogen-bond donors (Lipinski definition) is 0. The van der Waals surface area contributed by atoms with Crippen LogP contribution in [-0.2, 0) is 28.6 Å². The molecule has 0 aromatic rings. The summed E-state index contributed by atoms with van der Waals surface area (Å²) in [4.78, 5) is 38.0. The Bertz CT molecular complexity index is 1360. The van der Waals surface area contributed by atoms with Gasteiger partial charge in [-0.25, -0.2) is 0 Å². The zero-order chi connectivity index (χ0) is 47.2. The average molecular weight is 901 g/mol. The third kappa shape index (κ3) is 50.9. The normalized spacial score (nSPS) is 13.0. The third-order valence-corrected chi connectivity index (χ3v) is 10.9. The summed E-state index contributed by atoms with van der Waals surface area (Å²) in [5, 5.41) is 0. The van der Waals surface area contributed by atoms with E-state index in [2.05, 4.69) is 93.7 Å². The first-order valence-corrected chi connectivity index (χ1v) is 26.5. The molecule has 0 heterocycles. The van der Waals surface area contributed by atoms with E-state index in [-0.39, 0.29) is 31.1 Å². The summed E-state index contributed by atoms with van der Waals surface area (Å²) >= 11 is 0. The second-order valence-electron chi connectivity index (χ2n) is 17.2. The molecule has 0 fully saturated rings. The molecule has 0 saturated heterocycles. The zero-order valence-corrected chi connectivity index (χ0v) is 42.0. The molecule has 0 aliphatic heterocycles. The summed E-state index contributed by atoms with van der Waals surface area (Å²) in [5.74, 6) is -0.981. The molecule has 0 N–H and O–H groups in total. The van der Waals surface area contributed by atoms with Crippen LogP contribution < -0.4 is 0 Å². The Morgan fingerprint density at radius 2 is 0.615 bits per heavy atom. The molecule has 6 nitrogen and oxygen atoms in total. The van der Waals surface area contributed by atoms with Crippen molar-refractivity contribution in [2.45, 2.75) is 232 Å². The monoisotopic (exact) mass is 901 g/mol. The van der Waals surface area contributed by atoms with Gasteiger partial charge in [-0.15, -0.1) is 0 Å². The molecule has 0 bridgehead atoms. The van der Waals surface area contributed by atoms with E-state index in [1.165, 1.54) is 77.0 Å². The average Bonchev–Trinajstić information content (AvgIpc) is 3.30. The molecule has 0 aromatic carbocycles. The maximum Gasteiger partial charge on any atom is 0.306 e. The van der Waals surface area contributed by atoms with Crippen molar-refractivity contribution in [3.63, 3.8) is 0 Å². The number of hydrogen-bond acceptors (Lipinski definition) is 6. The quantitative estimate of drug-likeness (QED) is 0.0199. The van der Waals surface area contributed by atoms with Crippen LogP contribution in [0.5, 0.6) is 0 Å². The maximum atomic E-state index is 12.8. The largest absolute Gasteiger partial charge is 0.462 e. The summed E-state index contributed by atoms with van der Waals surface area (Å²) in [6, 6.07) is 0. The Kier molecular flexibility index (Phi) is 49.5. The Morgan fingerprint density at radius 3 is 1.03 bits per heavy atom. The molecule has 368 valence electrons. The molecule has 6 heteroatoms. The van der Waals surface area contributed by atoms with Gasteiger partial charge in [-0.3, -0.25) is 14.4 Å². The maximum absolute atomic E-state index is 12.8. The highest BCUT2D eigenvalue weighted by atomic mass is 16.6. The van der Waals surface area contributed by atoms with Crippen molar-refractivity contribution in [2.75, 3.05) is 13.2 Å². The van der Waals surface area contributed by atoms with Gasteiger partial charge in [0, 0.05) is 19.3 Å². The number of unbranched alkanes of at least 4 members (excludes halogenated alkanes) is 23. The summed E-state index contributed by atoms with van der Waals surface area (Å²) in [5.41, 5.74) is 0. The fraction of sp³-hybridized carbons (Fsp3) is 0.644. The summed E-state index contributed by atoms with van der Waals surface area (Å²) in [6.45, 7) is 6.38. The SMILES string of the molecule is CC\C=C/C=C\C=C/C=C\CCCCCC(=O)OCC(COC(=O)CCCCCCC\C=C/C=C\C=C/C=C\CCCCC)OC(=O)CCCCCCC/C=C\CCCCCCCCC. The van der Waals surface area contributed by atoms with Gasteiger partial charge in [-0.2, -0.15) is 0 Å². The molecule has 0 aliphatic rings. The molecule has 0 aliphatic carbocycles. The van der Waals surface area contributed by atoms with Crippen molar-refractivity contribution in [2.24, 2.45) is 0 Å². The first kappa shape index (κ1) is 61.1. The molecular weight excluding hydrogens is 805 g/mol. The second-order valence-corrected chi connectivity index (χ2v) is 17.2. The molecule has 65 heavy (non-hydrogen) atoms. The van der Waals surface area contributed by atoms with Crippen LogP contribution in [0.15, 0.2) is 109 Å². The molecule has 0 amide bonds. The summed E-state index contributed by atoms with van der Waals surface area (Å²) < 4.78 is 16.8. The topological polar surface area (TPSA) is 78.9 Å². The van der Waals surface area contributed by atoms with Crippen LogP contribution in [0.2, 0.25) is 0 Å². The van der Waals surface area contributed by atoms with E-state index in [0.717, 1.165) is 109 Å². The number of carbonyl (C=O) groups excluding carboxylic acids is 3. The molecule has 0 radical (unpaired) electrons. The molecule has 1 unspecified atom stereocenters. The Labute approximate surface area is 400 Å². The second kappa shape index (κ2) is 52.7. The molecule has 0 rings (SSSR count). The lowest BCUT2D eigenvalue weighted by Gasteiger charge is -2.18. The van der Waals surface area contributed by atoms with Crippen molar-refractivity contribution in [1.29, 1.82) is 0 Å². The minimum Gasteiger partial charge on any atom is -0.462 e. The van der Waals surface area contributed by atoms with Crippen LogP contribution in [0.25, 0.3) is 0 Å². The summed E-state index contributed by atoms with van der Waals surface area (Å²) in [7, 11) is 0. The highest BCUT2D eigenvalue weighted by Gasteiger charge is 2.19. The molecule has 0 aromatic heterocycles. The van der Waals surface area contributed by atoms with E-state index in [9.17, 15) is 14.4 Å². The zero-order valence-electron chi connectivity index (χ0n) is 42.0. The van der Waals surface area contributed by atoms with Crippen molar-refractivity contribution >= 4 is 17.9 Å². The predicted octanol–water partition coefficient (Wildman–Crippen LogP) is 17.5. The number of esters is 3. The molecular formula is C59H96O6. The van der Waals surface area contributed by atoms with Gasteiger partial charge in [0.05, 0.1) is 0 Å². The van der Waals surface area contributed by atoms with Gasteiger partial charge in [0.2, 0.25) is 0 Å². The number of rotatable bonds is 46. The van der Waals surface area contributed by atoms with Gasteiger partial charge in [0.1, 0.15) is 13.2 Å². The van der Waals surface area contributed by atoms with Crippen LogP contribution in [0.4, 0.5) is 0 Å². The van der Waals surface area contributed by atoms with Crippen molar-refractivity contribution < 1.29 is 28.6 Å². The van der Waals surface area contributed by atoms with E-state index >= 15 is 0 Å². The van der Waals surface area contributed by atoms with Gasteiger partial charge < -0.3 is 14.2 Å². The van der Waals surface area contributed by atoms with Crippen LogP contribution in [0.3, 0.4) is 0 Å². The first-order valence-electron chi connectivity index (χ1n) is 26.5. The van der Waals surface area contributed by atoms with E-state index in [0.29, 0.717) is 19.3 Å². The number of carbonyl (C=O) groups is 3. The van der Waals surface area contributed by atoms with Gasteiger partial charge in [-0.05, 0) is 89.9 Å². The lowest BCUT2D eigenvalue weighted by molar-refractivity contribution is -0.167. The number of ether oxygens (including phenoxy) is 3. The van der Waals surface area contributed by atoms with Gasteiger partial charge in [-0.1, -0.05) is 226 Å². The van der Waals surface area contributed by atoms with Crippen LogP contribution in [-0.4, -0.2) is 37.2 Å². The number of allylic oxidation sites excluding steroid dienone is 18. The Morgan fingerprint density at radius 1 is 0.323 bits per heavy atom.